The molecule has 0 bridgehead atoms. The minimum Gasteiger partial charge on any atom is -0.457 e. The summed E-state index contributed by atoms with van der Waals surface area (Å²) >= 11 is 7.37. The zero-order chi connectivity index (χ0) is 32.5. The molecule has 3 saturated carbocycles. The van der Waals surface area contributed by atoms with Gasteiger partial charge in [0.1, 0.15) is 0 Å². The van der Waals surface area contributed by atoms with Crippen LogP contribution in [0.25, 0.3) is 11.8 Å². The molecule has 9 atom stereocenters. The van der Waals surface area contributed by atoms with Crippen LogP contribution in [0.1, 0.15) is 83.5 Å². The molecule has 6 rings (SSSR count). The Morgan fingerprint density at radius 1 is 1.13 bits per heavy atom. The second-order valence-electron chi connectivity index (χ2n) is 14.2. The van der Waals surface area contributed by atoms with Crippen molar-refractivity contribution in [3.05, 3.63) is 47.1 Å². The zero-order valence-electron chi connectivity index (χ0n) is 27.0. The van der Waals surface area contributed by atoms with Gasteiger partial charge in [0.15, 0.2) is 12.2 Å². The molecule has 10 heteroatoms. The molecule has 45 heavy (non-hydrogen) atoms. The quantitative estimate of drug-likeness (QED) is 0.316. The van der Waals surface area contributed by atoms with E-state index in [2.05, 4.69) is 24.1 Å². The van der Waals surface area contributed by atoms with Crippen LogP contribution >= 0.6 is 11.6 Å². The van der Waals surface area contributed by atoms with Crippen molar-refractivity contribution in [1.29, 1.82) is 0 Å². The number of carbonyl (C=O) groups excluding carboxylic acids is 3. The fraction of sp³-hybridized carbons (Fsp3) is 0.629. The van der Waals surface area contributed by atoms with E-state index in [1.807, 2.05) is 44.0 Å². The van der Waals surface area contributed by atoms with E-state index >= 15 is 0 Å². The molecule has 0 amide bonds. The van der Waals surface area contributed by atoms with Gasteiger partial charge >= 0.3 is 11.9 Å². The Kier molecular flexibility index (Phi) is 8.04. The molecule has 2 aromatic rings. The second-order valence-corrected chi connectivity index (χ2v) is 14.8. The van der Waals surface area contributed by atoms with Gasteiger partial charge in [-0.05, 0) is 79.0 Å². The highest BCUT2D eigenvalue weighted by Crippen LogP contribution is 2.70. The van der Waals surface area contributed by atoms with Gasteiger partial charge in [0, 0.05) is 35.7 Å². The van der Waals surface area contributed by atoms with Gasteiger partial charge < -0.3 is 14.6 Å². The highest BCUT2D eigenvalue weighted by atomic mass is 35.5. The van der Waals surface area contributed by atoms with Crippen molar-refractivity contribution in [3.8, 4) is 5.69 Å². The van der Waals surface area contributed by atoms with Gasteiger partial charge in [-0.25, -0.2) is 4.68 Å². The average Bonchev–Trinajstić information content (AvgIpc) is 3.49. The fourth-order valence-corrected chi connectivity index (χ4v) is 10.2. The van der Waals surface area contributed by atoms with Crippen LogP contribution < -0.4 is 0 Å². The molecule has 0 saturated heterocycles. The number of hydrogen-bond donors (Lipinski definition) is 1. The number of rotatable bonds is 7. The second kappa shape index (κ2) is 11.3. The molecule has 0 spiro atoms. The summed E-state index contributed by atoms with van der Waals surface area (Å²) in [4.78, 5) is 43.5. The van der Waals surface area contributed by atoms with Crippen LogP contribution in [-0.4, -0.2) is 61.3 Å². The monoisotopic (exact) mass is 637 g/mol. The molecule has 0 radical (unpaired) electrons. The first-order valence-electron chi connectivity index (χ1n) is 16.2. The van der Waals surface area contributed by atoms with Crippen LogP contribution in [0.2, 0.25) is 0 Å². The molecule has 1 N–H and O–H groups in total. The van der Waals surface area contributed by atoms with Gasteiger partial charge in [-0.3, -0.25) is 19.4 Å². The van der Waals surface area contributed by atoms with E-state index in [0.29, 0.717) is 19.3 Å². The van der Waals surface area contributed by atoms with Crippen LogP contribution in [0.3, 0.4) is 0 Å². The number of esters is 2. The summed E-state index contributed by atoms with van der Waals surface area (Å²) in [7, 11) is 0. The number of ketones is 1. The number of aliphatic hydroxyl groups is 1. The molecule has 2 heterocycles. The fourth-order valence-electron chi connectivity index (χ4n) is 9.75. The van der Waals surface area contributed by atoms with Crippen LogP contribution in [-0.2, 0) is 30.3 Å². The average molecular weight is 638 g/mol. The lowest BCUT2D eigenvalue weighted by Gasteiger charge is -2.61. The molecule has 242 valence electrons. The molecule has 2 aromatic heterocycles. The van der Waals surface area contributed by atoms with Gasteiger partial charge in [0.05, 0.1) is 29.9 Å². The molecule has 0 aliphatic heterocycles. The summed E-state index contributed by atoms with van der Waals surface area (Å²) in [6.07, 6.45) is 9.39. The van der Waals surface area contributed by atoms with Gasteiger partial charge in [-0.15, -0.1) is 11.6 Å². The van der Waals surface area contributed by atoms with Crippen LogP contribution in [0.15, 0.2) is 30.2 Å². The first-order valence-corrected chi connectivity index (χ1v) is 16.7. The van der Waals surface area contributed by atoms with Crippen molar-refractivity contribution in [1.82, 2.24) is 14.8 Å². The van der Waals surface area contributed by atoms with E-state index in [9.17, 15) is 19.5 Å². The van der Waals surface area contributed by atoms with Gasteiger partial charge in [0.2, 0.25) is 5.78 Å². The SMILES string of the molecule is CCC(=O)OCC(=O)[C@@]1(OC(=O)CC)[C@H](C)C[C@H]2[C@H]3[C@H]([C@@H](O)C[C@@]21C)[C@@]1(C)Cc2cnn(-c4cncc(C)c4)c2C=C1C[C@H]3Cl. The summed E-state index contributed by atoms with van der Waals surface area (Å²) in [6, 6.07) is 2.06. The van der Waals surface area contributed by atoms with E-state index in [1.54, 1.807) is 13.8 Å². The molecular formula is C35H44ClN3O6. The maximum Gasteiger partial charge on any atom is 0.306 e. The molecule has 3 fully saturated rings. The van der Waals surface area contributed by atoms with Crippen LogP contribution in [0.4, 0.5) is 0 Å². The number of ether oxygens (including phenoxy) is 2. The van der Waals surface area contributed by atoms with E-state index in [1.165, 1.54) is 5.57 Å². The van der Waals surface area contributed by atoms with Crippen molar-refractivity contribution in [2.75, 3.05) is 6.61 Å². The maximum absolute atomic E-state index is 14.1. The molecular weight excluding hydrogens is 594 g/mol. The van der Waals surface area contributed by atoms with E-state index in [-0.39, 0.29) is 53.7 Å². The number of aryl methyl sites for hydroxylation is 1. The Morgan fingerprint density at radius 3 is 2.56 bits per heavy atom. The summed E-state index contributed by atoms with van der Waals surface area (Å²) in [5, 5.41) is 16.6. The number of alkyl halides is 1. The Morgan fingerprint density at radius 2 is 1.87 bits per heavy atom. The van der Waals surface area contributed by atoms with E-state index < -0.39 is 41.4 Å². The van der Waals surface area contributed by atoms with Crippen molar-refractivity contribution in [3.63, 3.8) is 0 Å². The maximum atomic E-state index is 14.1. The Balaban J connectivity index is 1.39. The van der Waals surface area contributed by atoms with E-state index in [0.717, 1.165) is 22.5 Å². The number of halogens is 1. The Labute approximate surface area is 269 Å². The highest BCUT2D eigenvalue weighted by molar-refractivity contribution is 6.21. The van der Waals surface area contributed by atoms with Crippen LogP contribution in [0.5, 0.6) is 0 Å². The summed E-state index contributed by atoms with van der Waals surface area (Å²) in [5.74, 6) is -2.16. The third-order valence-corrected chi connectivity index (χ3v) is 12.1. The number of aromatic nitrogens is 3. The molecule has 4 aliphatic rings. The predicted octanol–water partition coefficient (Wildman–Crippen LogP) is 5.41. The normalized spacial score (nSPS) is 36.6. The number of Topliss-reactive ketones (excluding diaryl/α,β-unsaturated/α-hetero) is 1. The lowest BCUT2D eigenvalue weighted by molar-refractivity contribution is -0.207. The first-order chi connectivity index (χ1) is 21.3. The Hall–Kier alpha value is -3.04. The molecule has 9 nitrogen and oxygen atoms in total. The van der Waals surface area contributed by atoms with Gasteiger partial charge in [-0.1, -0.05) is 40.2 Å². The number of carbonyl (C=O) groups is 3. The van der Waals surface area contributed by atoms with E-state index in [4.69, 9.17) is 26.2 Å². The van der Waals surface area contributed by atoms with Crippen molar-refractivity contribution >= 4 is 35.4 Å². The number of hydrogen-bond acceptors (Lipinski definition) is 8. The smallest absolute Gasteiger partial charge is 0.306 e. The zero-order valence-corrected chi connectivity index (χ0v) is 27.8. The summed E-state index contributed by atoms with van der Waals surface area (Å²) in [6.45, 7) is 11.0. The molecule has 0 aromatic carbocycles. The molecule has 0 unspecified atom stereocenters. The number of nitrogens with zero attached hydrogens (tertiary/aromatic N) is 3. The Bertz CT molecular complexity index is 1570. The number of pyridine rings is 1. The third-order valence-electron chi connectivity index (χ3n) is 11.7. The van der Waals surface area contributed by atoms with Crippen molar-refractivity contribution < 1.29 is 29.0 Å². The van der Waals surface area contributed by atoms with Gasteiger partial charge in [0.25, 0.3) is 0 Å². The highest BCUT2D eigenvalue weighted by Gasteiger charge is 2.74. The number of fused-ring (bicyclic) bond motifs is 6. The molecule has 4 aliphatic carbocycles. The number of aliphatic hydroxyl groups excluding tert-OH is 1. The summed E-state index contributed by atoms with van der Waals surface area (Å²) in [5.41, 5.74) is 2.44. The van der Waals surface area contributed by atoms with Crippen molar-refractivity contribution in [2.45, 2.75) is 97.1 Å². The lowest BCUT2D eigenvalue weighted by Crippen LogP contribution is -2.66. The standard InChI is InChI=1S/C35H44ClN3O6/c1-7-29(42)44-18-28(41)35(45-30(43)8-2)20(4)10-24-31-25(36)11-22-12-26-21(16-38-39(26)23-9-19(3)15-37-17-23)13-33(22,5)32(31)27(40)14-34(24,35)6/h9,12,15-17,20,24-25,27,31-32,40H,7-8,10-11,13-14,18H2,1-6H3/t20-,24+,25-,27+,31-,32+,33+,34+,35+/m1/s1. The third kappa shape index (κ3) is 4.70. The van der Waals surface area contributed by atoms with Crippen molar-refractivity contribution in [2.24, 2.45) is 34.5 Å². The predicted molar refractivity (Wildman–Crippen MR) is 168 cm³/mol. The van der Waals surface area contributed by atoms with Crippen LogP contribution in [0, 0.1) is 41.4 Å². The summed E-state index contributed by atoms with van der Waals surface area (Å²) < 4.78 is 13.4. The topological polar surface area (TPSA) is 121 Å². The minimum absolute atomic E-state index is 0.0975. The minimum atomic E-state index is -1.54. The number of allylic oxidation sites excluding steroid dienone is 1. The lowest BCUT2D eigenvalue weighted by atomic mass is 9.45. The van der Waals surface area contributed by atoms with Gasteiger partial charge in [-0.2, -0.15) is 5.10 Å². The largest absolute Gasteiger partial charge is 0.457 e. The first kappa shape index (κ1) is 31.9.